The predicted molar refractivity (Wildman–Crippen MR) is 110 cm³/mol. The van der Waals surface area contributed by atoms with Gasteiger partial charge in [-0.1, -0.05) is 24.3 Å². The van der Waals surface area contributed by atoms with E-state index >= 15 is 0 Å². The molecule has 1 N–H and O–H groups in total. The molecule has 1 heterocycles. The molecule has 0 saturated heterocycles. The summed E-state index contributed by atoms with van der Waals surface area (Å²) in [5, 5.41) is 3.05. The normalized spacial score (nSPS) is 28.3. The molecule has 4 atom stereocenters. The second-order valence-electron chi connectivity index (χ2n) is 8.39. The highest BCUT2D eigenvalue weighted by molar-refractivity contribution is 6.00. The van der Waals surface area contributed by atoms with Gasteiger partial charge >= 0.3 is 0 Å². The van der Waals surface area contributed by atoms with Crippen molar-refractivity contribution in [3.05, 3.63) is 53.6 Å². The number of rotatable bonds is 5. The molecular formula is C24H25NO5. The van der Waals surface area contributed by atoms with E-state index in [0.717, 1.165) is 18.4 Å². The molecule has 1 aliphatic heterocycles. The quantitative estimate of drug-likeness (QED) is 0.823. The number of hydrogen-bond donors (Lipinski definition) is 1. The van der Waals surface area contributed by atoms with Gasteiger partial charge in [0.25, 0.3) is 0 Å². The number of benzene rings is 2. The van der Waals surface area contributed by atoms with Crippen LogP contribution in [0, 0.1) is 17.8 Å². The average molecular weight is 407 g/mol. The molecule has 0 aromatic heterocycles. The third-order valence-electron chi connectivity index (χ3n) is 6.88. The Balaban J connectivity index is 1.29. The second-order valence-corrected chi connectivity index (χ2v) is 8.39. The number of fused-ring (bicyclic) bond motifs is 3. The number of methoxy groups -OCH3 is 2. The zero-order chi connectivity index (χ0) is 20.9. The van der Waals surface area contributed by atoms with E-state index in [-0.39, 0.29) is 29.4 Å². The molecule has 0 unspecified atom stereocenters. The molecule has 6 nitrogen and oxygen atoms in total. The highest BCUT2D eigenvalue weighted by atomic mass is 16.5. The van der Waals surface area contributed by atoms with Crippen molar-refractivity contribution in [2.75, 3.05) is 14.2 Å². The van der Waals surface area contributed by atoms with Crippen LogP contribution in [0.2, 0.25) is 0 Å². The Morgan fingerprint density at radius 1 is 1.17 bits per heavy atom. The topological polar surface area (TPSA) is 73.9 Å². The fourth-order valence-electron chi connectivity index (χ4n) is 5.51. The molecule has 2 aromatic carbocycles. The first-order chi connectivity index (χ1) is 14.6. The van der Waals surface area contributed by atoms with Crippen LogP contribution in [0.1, 0.15) is 35.2 Å². The number of carbonyl (C=O) groups is 2. The number of para-hydroxylation sites is 2. The molecule has 2 saturated carbocycles. The number of ketones is 1. The minimum atomic E-state index is -0.536. The number of Topliss-reactive ketones (excluding diaryl/α,β-unsaturated/α-hetero) is 1. The Bertz CT molecular complexity index is 1020. The number of amides is 1. The maximum atomic E-state index is 13.0. The lowest BCUT2D eigenvalue weighted by Crippen LogP contribution is -2.44. The Morgan fingerprint density at radius 2 is 2.00 bits per heavy atom. The van der Waals surface area contributed by atoms with E-state index in [0.29, 0.717) is 35.8 Å². The van der Waals surface area contributed by atoms with Crippen LogP contribution in [0.5, 0.6) is 17.2 Å². The summed E-state index contributed by atoms with van der Waals surface area (Å²) >= 11 is 0. The van der Waals surface area contributed by atoms with Crippen LogP contribution in [0.3, 0.4) is 0 Å². The molecule has 6 heteroatoms. The van der Waals surface area contributed by atoms with Gasteiger partial charge in [0.2, 0.25) is 5.91 Å². The zero-order valence-corrected chi connectivity index (χ0v) is 17.1. The van der Waals surface area contributed by atoms with Crippen LogP contribution in [-0.4, -0.2) is 31.5 Å². The molecule has 1 spiro atoms. The molecule has 2 fully saturated rings. The lowest BCUT2D eigenvalue weighted by molar-refractivity contribution is -0.124. The smallest absolute Gasteiger partial charge is 0.224 e. The summed E-state index contributed by atoms with van der Waals surface area (Å²) in [5.41, 5.74) is 0.980. The van der Waals surface area contributed by atoms with Gasteiger partial charge in [-0.25, -0.2) is 0 Å². The first-order valence-electron chi connectivity index (χ1n) is 10.4. The maximum absolute atomic E-state index is 13.0. The molecule has 3 aliphatic rings. The van der Waals surface area contributed by atoms with E-state index in [1.807, 2.05) is 42.5 Å². The van der Waals surface area contributed by atoms with Gasteiger partial charge < -0.3 is 19.5 Å². The van der Waals surface area contributed by atoms with Crippen LogP contribution in [-0.2, 0) is 11.3 Å². The van der Waals surface area contributed by atoms with Crippen molar-refractivity contribution in [2.24, 2.45) is 17.8 Å². The fraction of sp³-hybridized carbons (Fsp3) is 0.417. The number of nitrogens with one attached hydrogen (secondary N) is 1. The van der Waals surface area contributed by atoms with Crippen molar-refractivity contribution >= 4 is 11.7 Å². The summed E-state index contributed by atoms with van der Waals surface area (Å²) in [6.45, 7) is 0.366. The molecular weight excluding hydrogens is 382 g/mol. The van der Waals surface area contributed by atoms with Gasteiger partial charge in [-0.05, 0) is 37.0 Å². The summed E-state index contributed by atoms with van der Waals surface area (Å²) in [7, 11) is 3.18. The number of hydrogen-bond acceptors (Lipinski definition) is 5. The van der Waals surface area contributed by atoms with Gasteiger partial charge in [-0.15, -0.1) is 0 Å². The Kier molecular flexibility index (Phi) is 4.45. The summed E-state index contributed by atoms with van der Waals surface area (Å²) in [6.07, 6.45) is 2.11. The standard InChI is InChI=1S/C24H25NO5/c1-28-19-9-5-6-14(22(19)29-2)13-25-23(27)20-16-10-11-24(21(16)20)12-17(26)15-7-3-4-8-18(15)30-24/h3-9,16,20-21H,10-13H2,1-2H3,(H,25,27)/t16-,20+,21-,24+/m0/s1. The minimum absolute atomic E-state index is 0.0175. The molecule has 2 aromatic rings. The Hall–Kier alpha value is -3.02. The molecule has 1 amide bonds. The highest BCUT2D eigenvalue weighted by Gasteiger charge is 2.70. The van der Waals surface area contributed by atoms with Crippen molar-refractivity contribution in [2.45, 2.75) is 31.4 Å². The third-order valence-corrected chi connectivity index (χ3v) is 6.88. The summed E-state index contributed by atoms with van der Waals surface area (Å²) < 4.78 is 17.2. The summed E-state index contributed by atoms with van der Waals surface area (Å²) in [6, 6.07) is 13.0. The molecule has 0 radical (unpaired) electrons. The summed E-state index contributed by atoms with van der Waals surface area (Å²) in [5.74, 6) is 2.34. The van der Waals surface area contributed by atoms with Crippen LogP contribution in [0.4, 0.5) is 0 Å². The number of ether oxygens (including phenoxy) is 3. The van der Waals surface area contributed by atoms with Crippen LogP contribution in [0.15, 0.2) is 42.5 Å². The van der Waals surface area contributed by atoms with Gasteiger partial charge in [-0.2, -0.15) is 0 Å². The maximum Gasteiger partial charge on any atom is 0.224 e. The monoisotopic (exact) mass is 407 g/mol. The average Bonchev–Trinajstić information content (AvgIpc) is 3.42. The Labute approximate surface area is 175 Å². The van der Waals surface area contributed by atoms with Crippen molar-refractivity contribution in [1.29, 1.82) is 0 Å². The van der Waals surface area contributed by atoms with Crippen LogP contribution < -0.4 is 19.5 Å². The van der Waals surface area contributed by atoms with Crippen molar-refractivity contribution in [1.82, 2.24) is 5.32 Å². The zero-order valence-electron chi connectivity index (χ0n) is 17.1. The van der Waals surface area contributed by atoms with Gasteiger partial charge in [0.15, 0.2) is 17.3 Å². The highest BCUT2D eigenvalue weighted by Crippen LogP contribution is 2.65. The second kappa shape index (κ2) is 7.04. The molecule has 0 bridgehead atoms. The first kappa shape index (κ1) is 19.0. The molecule has 2 aliphatic carbocycles. The first-order valence-corrected chi connectivity index (χ1v) is 10.4. The fourth-order valence-corrected chi connectivity index (χ4v) is 5.51. The Morgan fingerprint density at radius 3 is 2.80 bits per heavy atom. The van der Waals surface area contributed by atoms with E-state index in [1.165, 1.54) is 0 Å². The number of carbonyl (C=O) groups excluding carboxylic acids is 2. The van der Waals surface area contributed by atoms with Gasteiger partial charge in [0, 0.05) is 23.9 Å². The van der Waals surface area contributed by atoms with Crippen molar-refractivity contribution in [3.63, 3.8) is 0 Å². The van der Waals surface area contributed by atoms with Crippen LogP contribution in [0.25, 0.3) is 0 Å². The van der Waals surface area contributed by atoms with Gasteiger partial charge in [-0.3, -0.25) is 9.59 Å². The largest absolute Gasteiger partial charge is 0.493 e. The molecule has 30 heavy (non-hydrogen) atoms. The molecule has 5 rings (SSSR count). The van der Waals surface area contributed by atoms with E-state index < -0.39 is 5.60 Å². The SMILES string of the molecule is COc1cccc(CNC(=O)[C@@H]2[C@@H]3CC[C@@]4(CC(=O)c5ccccc5O4)[C@@H]32)c1OC. The van der Waals surface area contributed by atoms with Crippen LogP contribution >= 0.6 is 0 Å². The lowest BCUT2D eigenvalue weighted by atomic mass is 9.84. The van der Waals surface area contributed by atoms with E-state index in [9.17, 15) is 9.59 Å². The lowest BCUT2D eigenvalue weighted by Gasteiger charge is -2.37. The van der Waals surface area contributed by atoms with E-state index in [2.05, 4.69) is 5.32 Å². The molecule has 156 valence electrons. The van der Waals surface area contributed by atoms with E-state index in [4.69, 9.17) is 14.2 Å². The third kappa shape index (κ3) is 2.85. The van der Waals surface area contributed by atoms with Gasteiger partial charge in [0.05, 0.1) is 26.2 Å². The van der Waals surface area contributed by atoms with Crippen molar-refractivity contribution < 1.29 is 23.8 Å². The minimum Gasteiger partial charge on any atom is -0.493 e. The summed E-state index contributed by atoms with van der Waals surface area (Å²) in [4.78, 5) is 25.7. The van der Waals surface area contributed by atoms with Gasteiger partial charge in [0.1, 0.15) is 11.4 Å². The van der Waals surface area contributed by atoms with E-state index in [1.54, 1.807) is 14.2 Å². The predicted octanol–water partition coefficient (Wildman–Crippen LogP) is 3.38. The van der Waals surface area contributed by atoms with Crippen molar-refractivity contribution in [3.8, 4) is 17.2 Å².